The second-order valence-corrected chi connectivity index (χ2v) is 5.39. The van der Waals surface area contributed by atoms with Crippen molar-refractivity contribution in [2.45, 2.75) is 18.9 Å². The van der Waals surface area contributed by atoms with Gasteiger partial charge >= 0.3 is 0 Å². The summed E-state index contributed by atoms with van der Waals surface area (Å²) in [6.07, 6.45) is 2.52. The van der Waals surface area contributed by atoms with Crippen molar-refractivity contribution in [2.75, 3.05) is 45.2 Å². The summed E-state index contributed by atoms with van der Waals surface area (Å²) in [6.45, 7) is 4.43. The van der Waals surface area contributed by atoms with Crippen molar-refractivity contribution in [3.05, 3.63) is 23.8 Å². The number of likely N-dealkylation sites (N-methyl/N-ethyl adjacent to an activating group) is 1. The van der Waals surface area contributed by atoms with Crippen LogP contribution in [0, 0.1) is 0 Å². The fourth-order valence-corrected chi connectivity index (χ4v) is 2.75. The molecule has 1 aromatic rings. The molecule has 0 aliphatic carbocycles. The number of nitrogens with one attached hydrogen (secondary N) is 1. The summed E-state index contributed by atoms with van der Waals surface area (Å²) in [5.74, 6) is 0.967. The molecule has 0 amide bonds. The third-order valence-corrected chi connectivity index (χ3v) is 3.80. The van der Waals surface area contributed by atoms with Crippen molar-refractivity contribution in [3.8, 4) is 5.75 Å². The zero-order chi connectivity index (χ0) is 13.1. The Labute approximate surface area is 114 Å². The number of hydrogen-bond donors (Lipinski definition) is 1. The molecule has 0 aromatic heterocycles. The molecule has 0 radical (unpaired) electrons. The maximum Gasteiger partial charge on any atom is 0.142 e. The highest BCUT2D eigenvalue weighted by Gasteiger charge is 2.19. The van der Waals surface area contributed by atoms with E-state index in [1.807, 2.05) is 6.07 Å². The monoisotopic (exact) mass is 262 g/mol. The van der Waals surface area contributed by atoms with Crippen LogP contribution in [0.3, 0.4) is 0 Å². The van der Waals surface area contributed by atoms with Crippen LogP contribution in [0.5, 0.6) is 5.75 Å². The fraction of sp³-hybridized carbons (Fsp3) is 0.600. The Balaban J connectivity index is 1.63. The van der Waals surface area contributed by atoms with E-state index >= 15 is 0 Å². The molecule has 2 aliphatic heterocycles. The first-order chi connectivity index (χ1) is 9.33. The third-order valence-electron chi connectivity index (χ3n) is 3.80. The van der Waals surface area contributed by atoms with Crippen LogP contribution in [-0.4, -0.2) is 50.9 Å². The van der Waals surface area contributed by atoms with Gasteiger partial charge in [-0.2, -0.15) is 0 Å². The standard InChI is InChI=1S/C15H22N2O2/c1-17-8-9-18-13(10-17)11-19-14-6-2-4-12-5-3-7-16-15(12)14/h2,4,6,13,16H,3,5,7-11H2,1H3/t13-/m0/s1. The highest BCUT2D eigenvalue weighted by molar-refractivity contribution is 5.63. The van der Waals surface area contributed by atoms with Crippen molar-refractivity contribution in [1.29, 1.82) is 0 Å². The summed E-state index contributed by atoms with van der Waals surface area (Å²) in [6, 6.07) is 6.30. The molecule has 1 fully saturated rings. The minimum absolute atomic E-state index is 0.179. The van der Waals surface area contributed by atoms with Crippen LogP contribution >= 0.6 is 0 Å². The van der Waals surface area contributed by atoms with Crippen LogP contribution in [0.25, 0.3) is 0 Å². The average Bonchev–Trinajstić information content (AvgIpc) is 2.45. The van der Waals surface area contributed by atoms with E-state index in [1.165, 1.54) is 17.7 Å². The second kappa shape index (κ2) is 5.80. The Morgan fingerprint density at radius 1 is 1.47 bits per heavy atom. The van der Waals surface area contributed by atoms with Crippen molar-refractivity contribution < 1.29 is 9.47 Å². The van der Waals surface area contributed by atoms with E-state index < -0.39 is 0 Å². The van der Waals surface area contributed by atoms with E-state index in [2.05, 4.69) is 29.4 Å². The summed E-state index contributed by atoms with van der Waals surface area (Å²) in [4.78, 5) is 2.29. The summed E-state index contributed by atoms with van der Waals surface area (Å²) in [7, 11) is 2.13. The van der Waals surface area contributed by atoms with E-state index in [0.717, 1.165) is 38.4 Å². The molecule has 3 rings (SSSR count). The van der Waals surface area contributed by atoms with Crippen LogP contribution in [0.1, 0.15) is 12.0 Å². The van der Waals surface area contributed by atoms with Crippen molar-refractivity contribution >= 4 is 5.69 Å². The minimum Gasteiger partial charge on any atom is -0.489 e. The normalized spacial score (nSPS) is 23.5. The molecule has 104 valence electrons. The van der Waals surface area contributed by atoms with Crippen LogP contribution in [-0.2, 0) is 11.2 Å². The van der Waals surface area contributed by atoms with E-state index in [1.54, 1.807) is 0 Å². The molecule has 4 nitrogen and oxygen atoms in total. The minimum atomic E-state index is 0.179. The van der Waals surface area contributed by atoms with E-state index in [-0.39, 0.29) is 6.10 Å². The number of para-hydroxylation sites is 1. The van der Waals surface area contributed by atoms with Gasteiger partial charge in [-0.25, -0.2) is 0 Å². The summed E-state index contributed by atoms with van der Waals surface area (Å²) >= 11 is 0. The molecule has 1 N–H and O–H groups in total. The Kier molecular flexibility index (Phi) is 3.89. The molecule has 1 atom stereocenters. The van der Waals surface area contributed by atoms with Gasteiger partial charge in [0, 0.05) is 19.6 Å². The van der Waals surface area contributed by atoms with Gasteiger partial charge in [0.25, 0.3) is 0 Å². The van der Waals surface area contributed by atoms with Crippen molar-refractivity contribution in [3.63, 3.8) is 0 Å². The molecule has 4 heteroatoms. The van der Waals surface area contributed by atoms with Gasteiger partial charge in [0.05, 0.1) is 12.3 Å². The molecular formula is C15H22N2O2. The van der Waals surface area contributed by atoms with Gasteiger partial charge in [-0.15, -0.1) is 0 Å². The molecule has 2 aliphatic rings. The second-order valence-electron chi connectivity index (χ2n) is 5.39. The zero-order valence-electron chi connectivity index (χ0n) is 11.5. The van der Waals surface area contributed by atoms with E-state index in [4.69, 9.17) is 9.47 Å². The molecule has 19 heavy (non-hydrogen) atoms. The SMILES string of the molecule is CN1CCO[C@H](COc2cccc3c2NCCC3)C1. The molecule has 1 aromatic carbocycles. The molecule has 2 heterocycles. The largest absolute Gasteiger partial charge is 0.489 e. The predicted octanol–water partition coefficient (Wildman–Crippen LogP) is 1.75. The lowest BCUT2D eigenvalue weighted by Crippen LogP contribution is -2.42. The first-order valence-electron chi connectivity index (χ1n) is 7.11. The fourth-order valence-electron chi connectivity index (χ4n) is 2.75. The lowest BCUT2D eigenvalue weighted by molar-refractivity contribution is -0.0402. The average molecular weight is 262 g/mol. The maximum absolute atomic E-state index is 5.98. The van der Waals surface area contributed by atoms with Crippen LogP contribution in [0.4, 0.5) is 5.69 Å². The number of fused-ring (bicyclic) bond motifs is 1. The summed E-state index contributed by atoms with van der Waals surface area (Å²) < 4.78 is 11.7. The van der Waals surface area contributed by atoms with Gasteiger partial charge in [0.1, 0.15) is 18.5 Å². The van der Waals surface area contributed by atoms with E-state index in [0.29, 0.717) is 6.61 Å². The number of anilines is 1. The van der Waals surface area contributed by atoms with Crippen LogP contribution in [0.2, 0.25) is 0 Å². The lowest BCUT2D eigenvalue weighted by atomic mass is 10.0. The molecule has 1 saturated heterocycles. The number of ether oxygens (including phenoxy) is 2. The quantitative estimate of drug-likeness (QED) is 0.900. The predicted molar refractivity (Wildman–Crippen MR) is 76.0 cm³/mol. The number of rotatable bonds is 3. The van der Waals surface area contributed by atoms with E-state index in [9.17, 15) is 0 Å². The number of nitrogens with zero attached hydrogens (tertiary/aromatic N) is 1. The summed E-state index contributed by atoms with van der Waals surface area (Å²) in [5.41, 5.74) is 2.54. The molecule has 0 unspecified atom stereocenters. The number of benzene rings is 1. The maximum atomic E-state index is 5.98. The van der Waals surface area contributed by atoms with Gasteiger partial charge in [-0.1, -0.05) is 12.1 Å². The van der Waals surface area contributed by atoms with Crippen LogP contribution in [0.15, 0.2) is 18.2 Å². The molecule has 0 bridgehead atoms. The van der Waals surface area contributed by atoms with Crippen LogP contribution < -0.4 is 10.1 Å². The number of aryl methyl sites for hydroxylation is 1. The molecular weight excluding hydrogens is 240 g/mol. The topological polar surface area (TPSA) is 33.7 Å². The van der Waals surface area contributed by atoms with Gasteiger partial charge in [-0.3, -0.25) is 0 Å². The molecule has 0 saturated carbocycles. The Hall–Kier alpha value is -1.26. The smallest absolute Gasteiger partial charge is 0.142 e. The van der Waals surface area contributed by atoms with Gasteiger partial charge in [0.2, 0.25) is 0 Å². The first kappa shape index (κ1) is 12.8. The van der Waals surface area contributed by atoms with Crippen molar-refractivity contribution in [1.82, 2.24) is 4.90 Å². The first-order valence-corrected chi connectivity index (χ1v) is 7.11. The Morgan fingerprint density at radius 2 is 2.42 bits per heavy atom. The number of hydrogen-bond acceptors (Lipinski definition) is 4. The zero-order valence-corrected chi connectivity index (χ0v) is 11.5. The Morgan fingerprint density at radius 3 is 3.32 bits per heavy atom. The Bertz CT molecular complexity index is 436. The van der Waals surface area contributed by atoms with Crippen molar-refractivity contribution in [2.24, 2.45) is 0 Å². The van der Waals surface area contributed by atoms with Gasteiger partial charge in [-0.05, 0) is 31.5 Å². The van der Waals surface area contributed by atoms with Gasteiger partial charge < -0.3 is 19.7 Å². The highest BCUT2D eigenvalue weighted by atomic mass is 16.5. The third kappa shape index (κ3) is 3.01. The lowest BCUT2D eigenvalue weighted by Gasteiger charge is -2.30. The molecule has 0 spiro atoms. The summed E-state index contributed by atoms with van der Waals surface area (Å²) in [5, 5.41) is 3.45. The van der Waals surface area contributed by atoms with Gasteiger partial charge in [0.15, 0.2) is 0 Å². The highest BCUT2D eigenvalue weighted by Crippen LogP contribution is 2.32. The number of morpholine rings is 1.